The summed E-state index contributed by atoms with van der Waals surface area (Å²) in [7, 11) is -4.08. The number of carbonyl (C=O) groups is 2. The molecule has 3 aromatic carbocycles. The van der Waals surface area contributed by atoms with Gasteiger partial charge in [-0.25, -0.2) is 8.42 Å². The van der Waals surface area contributed by atoms with Gasteiger partial charge in [0.2, 0.25) is 11.8 Å². The van der Waals surface area contributed by atoms with Crippen LogP contribution in [0.3, 0.4) is 0 Å². The molecule has 0 radical (unpaired) electrons. The van der Waals surface area contributed by atoms with E-state index in [1.165, 1.54) is 17.0 Å². The summed E-state index contributed by atoms with van der Waals surface area (Å²) < 4.78 is 28.5. The number of likely N-dealkylation sites (N-methyl/N-ethyl adjacent to an activating group) is 1. The molecule has 9 heteroatoms. The van der Waals surface area contributed by atoms with Crippen LogP contribution in [0.25, 0.3) is 0 Å². The minimum atomic E-state index is -4.08. The van der Waals surface area contributed by atoms with E-state index in [4.69, 9.17) is 11.6 Å². The molecule has 0 saturated heterocycles. The Hall–Kier alpha value is -3.36. The molecule has 0 fully saturated rings. The third kappa shape index (κ3) is 6.44. The van der Waals surface area contributed by atoms with Crippen LogP contribution in [0.2, 0.25) is 5.02 Å². The molecule has 36 heavy (non-hydrogen) atoms. The van der Waals surface area contributed by atoms with Gasteiger partial charge in [-0.05, 0) is 62.2 Å². The molecule has 0 unspecified atom stereocenters. The summed E-state index contributed by atoms with van der Waals surface area (Å²) in [5, 5.41) is 3.24. The number of benzene rings is 3. The zero-order valence-corrected chi connectivity index (χ0v) is 22.1. The number of para-hydroxylation sites is 1. The third-order valence-corrected chi connectivity index (χ3v) is 7.76. The highest BCUT2D eigenvalue weighted by atomic mass is 35.5. The Labute approximate surface area is 217 Å². The fourth-order valence-electron chi connectivity index (χ4n) is 3.81. The van der Waals surface area contributed by atoms with Gasteiger partial charge in [-0.1, -0.05) is 60.1 Å². The zero-order chi connectivity index (χ0) is 26.3. The van der Waals surface area contributed by atoms with E-state index in [-0.39, 0.29) is 17.3 Å². The average Bonchev–Trinajstić information content (AvgIpc) is 2.86. The third-order valence-electron chi connectivity index (χ3n) is 5.75. The first-order valence-corrected chi connectivity index (χ1v) is 13.4. The van der Waals surface area contributed by atoms with Gasteiger partial charge in [-0.3, -0.25) is 13.9 Å². The van der Waals surface area contributed by atoms with Gasteiger partial charge in [0.1, 0.15) is 12.6 Å². The molecule has 0 saturated carbocycles. The molecule has 0 heterocycles. The van der Waals surface area contributed by atoms with Crippen LogP contribution in [0, 0.1) is 6.92 Å². The van der Waals surface area contributed by atoms with E-state index in [0.29, 0.717) is 22.8 Å². The predicted molar refractivity (Wildman–Crippen MR) is 142 cm³/mol. The number of carbonyl (C=O) groups excluding carboxylic acids is 2. The highest BCUT2D eigenvalue weighted by Crippen LogP contribution is 2.27. The van der Waals surface area contributed by atoms with Crippen LogP contribution >= 0.6 is 11.6 Å². The number of nitrogens with zero attached hydrogens (tertiary/aromatic N) is 2. The predicted octanol–water partition coefficient (Wildman–Crippen LogP) is 4.40. The number of rotatable bonds is 10. The van der Waals surface area contributed by atoms with E-state index < -0.39 is 28.5 Å². The van der Waals surface area contributed by atoms with Crippen molar-refractivity contribution < 1.29 is 18.0 Å². The average molecular weight is 528 g/mol. The minimum absolute atomic E-state index is 0.0687. The molecule has 7 nitrogen and oxygen atoms in total. The number of sulfonamides is 1. The Balaban J connectivity index is 2.03. The summed E-state index contributed by atoms with van der Waals surface area (Å²) in [6.45, 7) is 5.21. The SMILES string of the molecule is CCNC(=O)[C@@H](C)N(Cc1cccc(Cl)c1)C(=O)CN(c1ccccc1C)S(=O)(=O)c1ccccc1. The number of nitrogens with one attached hydrogen (secondary N) is 1. The Morgan fingerprint density at radius 1 is 0.972 bits per heavy atom. The molecule has 2 amide bonds. The van der Waals surface area contributed by atoms with Gasteiger partial charge >= 0.3 is 0 Å². The number of amides is 2. The second kappa shape index (κ2) is 12.1. The van der Waals surface area contributed by atoms with Crippen molar-refractivity contribution in [3.63, 3.8) is 0 Å². The molecular weight excluding hydrogens is 498 g/mol. The van der Waals surface area contributed by atoms with E-state index in [1.54, 1.807) is 87.5 Å². The van der Waals surface area contributed by atoms with Gasteiger partial charge in [-0.2, -0.15) is 0 Å². The molecular formula is C27H30ClN3O4S. The number of anilines is 1. The normalized spacial score (nSPS) is 12.0. The van der Waals surface area contributed by atoms with Crippen LogP contribution in [0.4, 0.5) is 5.69 Å². The highest BCUT2D eigenvalue weighted by Gasteiger charge is 2.32. The molecule has 0 bridgehead atoms. The summed E-state index contributed by atoms with van der Waals surface area (Å²) in [6, 6.07) is 21.1. The van der Waals surface area contributed by atoms with Crippen molar-refractivity contribution in [2.24, 2.45) is 0 Å². The van der Waals surface area contributed by atoms with Crippen LogP contribution in [-0.2, 0) is 26.2 Å². The maximum Gasteiger partial charge on any atom is 0.264 e. The van der Waals surface area contributed by atoms with Crippen LogP contribution in [0.15, 0.2) is 83.8 Å². The van der Waals surface area contributed by atoms with Crippen LogP contribution < -0.4 is 9.62 Å². The summed E-state index contributed by atoms with van der Waals surface area (Å²) in [5.41, 5.74) is 1.81. The monoisotopic (exact) mass is 527 g/mol. The van der Waals surface area contributed by atoms with Crippen LogP contribution in [0.5, 0.6) is 0 Å². The molecule has 3 rings (SSSR count). The van der Waals surface area contributed by atoms with Crippen molar-refractivity contribution in [2.45, 2.75) is 38.3 Å². The Morgan fingerprint density at radius 3 is 2.28 bits per heavy atom. The fraction of sp³-hybridized carbons (Fsp3) is 0.259. The lowest BCUT2D eigenvalue weighted by Gasteiger charge is -2.32. The number of aryl methyl sites for hydroxylation is 1. The molecule has 1 atom stereocenters. The van der Waals surface area contributed by atoms with E-state index in [1.807, 2.05) is 0 Å². The molecule has 3 aromatic rings. The van der Waals surface area contributed by atoms with Crippen LogP contribution in [-0.4, -0.2) is 44.3 Å². The van der Waals surface area contributed by atoms with E-state index in [2.05, 4.69) is 5.32 Å². The van der Waals surface area contributed by atoms with Gasteiger partial charge in [0.15, 0.2) is 0 Å². The Kier molecular flexibility index (Phi) is 9.12. The van der Waals surface area contributed by atoms with Gasteiger partial charge in [0.25, 0.3) is 10.0 Å². The largest absolute Gasteiger partial charge is 0.355 e. The minimum Gasteiger partial charge on any atom is -0.355 e. The number of hydrogen-bond donors (Lipinski definition) is 1. The van der Waals surface area contributed by atoms with E-state index in [9.17, 15) is 18.0 Å². The van der Waals surface area contributed by atoms with Crippen molar-refractivity contribution in [1.82, 2.24) is 10.2 Å². The van der Waals surface area contributed by atoms with Crippen molar-refractivity contribution in [3.8, 4) is 0 Å². The number of hydrogen-bond acceptors (Lipinski definition) is 4. The molecule has 190 valence electrons. The maximum absolute atomic E-state index is 13.8. The molecule has 0 aliphatic carbocycles. The van der Waals surface area contributed by atoms with Gasteiger partial charge in [0, 0.05) is 18.1 Å². The van der Waals surface area contributed by atoms with Crippen molar-refractivity contribution in [1.29, 1.82) is 0 Å². The molecule has 1 N–H and O–H groups in total. The molecule has 0 aromatic heterocycles. The summed E-state index contributed by atoms with van der Waals surface area (Å²) in [6.07, 6.45) is 0. The number of halogens is 1. The van der Waals surface area contributed by atoms with Crippen molar-refractivity contribution >= 4 is 39.1 Å². The first kappa shape index (κ1) is 27.2. The topological polar surface area (TPSA) is 86.8 Å². The summed E-state index contributed by atoms with van der Waals surface area (Å²) in [4.78, 5) is 27.9. The molecule has 0 aliphatic rings. The van der Waals surface area contributed by atoms with Gasteiger partial charge < -0.3 is 10.2 Å². The van der Waals surface area contributed by atoms with Crippen LogP contribution in [0.1, 0.15) is 25.0 Å². The smallest absolute Gasteiger partial charge is 0.264 e. The standard InChI is InChI=1S/C27H30ClN3O4S/c1-4-29-27(33)21(3)30(18-22-12-10-13-23(28)17-22)26(32)19-31(25-16-9-8-11-20(25)2)36(34,35)24-14-6-5-7-15-24/h5-17,21H,4,18-19H2,1-3H3,(H,29,33)/t21-/m1/s1. The highest BCUT2D eigenvalue weighted by molar-refractivity contribution is 7.92. The second-order valence-corrected chi connectivity index (χ2v) is 10.6. The lowest BCUT2D eigenvalue weighted by molar-refractivity contribution is -0.139. The lowest BCUT2D eigenvalue weighted by Crippen LogP contribution is -2.51. The molecule has 0 spiro atoms. The zero-order valence-electron chi connectivity index (χ0n) is 20.5. The maximum atomic E-state index is 13.8. The van der Waals surface area contributed by atoms with E-state index >= 15 is 0 Å². The lowest BCUT2D eigenvalue weighted by atomic mass is 10.1. The Bertz CT molecular complexity index is 1320. The molecule has 0 aliphatic heterocycles. The summed E-state index contributed by atoms with van der Waals surface area (Å²) >= 11 is 6.14. The van der Waals surface area contributed by atoms with E-state index in [0.717, 1.165) is 9.87 Å². The fourth-order valence-corrected chi connectivity index (χ4v) is 5.53. The van der Waals surface area contributed by atoms with Crippen molar-refractivity contribution in [2.75, 3.05) is 17.4 Å². The van der Waals surface area contributed by atoms with Gasteiger partial charge in [0.05, 0.1) is 10.6 Å². The quantitative estimate of drug-likeness (QED) is 0.423. The summed E-state index contributed by atoms with van der Waals surface area (Å²) in [5.74, 6) is -0.849. The first-order valence-electron chi connectivity index (χ1n) is 11.6. The van der Waals surface area contributed by atoms with Crippen molar-refractivity contribution in [3.05, 3.63) is 95.0 Å². The second-order valence-electron chi connectivity index (χ2n) is 8.33. The first-order chi connectivity index (χ1) is 17.1. The Morgan fingerprint density at radius 2 is 1.64 bits per heavy atom. The van der Waals surface area contributed by atoms with Gasteiger partial charge in [-0.15, -0.1) is 0 Å².